The number of hydrogen-bond donors (Lipinski definition) is 1. The summed E-state index contributed by atoms with van der Waals surface area (Å²) in [6.07, 6.45) is -2.02. The van der Waals surface area contributed by atoms with Gasteiger partial charge in [-0.2, -0.15) is 13.2 Å². The zero-order valence-electron chi connectivity index (χ0n) is 8.89. The number of halogens is 3. The molecule has 0 saturated heterocycles. The first-order chi connectivity index (χ1) is 6.91. The second-order valence-electron chi connectivity index (χ2n) is 4.31. The average Bonchev–Trinajstić information content (AvgIpc) is 2.53. The summed E-state index contributed by atoms with van der Waals surface area (Å²) in [6.45, 7) is 1.51. The van der Waals surface area contributed by atoms with Crippen LogP contribution in [0.25, 0.3) is 0 Å². The maximum Gasteiger partial charge on any atom is 0.416 e. The molecule has 1 fully saturated rings. The summed E-state index contributed by atoms with van der Waals surface area (Å²) in [5.41, 5.74) is 5.26. The highest BCUT2D eigenvalue weighted by atomic mass is 19.4. The molecule has 1 aliphatic carbocycles. The number of alkyl halides is 3. The van der Waals surface area contributed by atoms with Crippen molar-refractivity contribution in [1.82, 2.24) is 0 Å². The first-order valence-electron chi connectivity index (χ1n) is 5.35. The summed E-state index contributed by atoms with van der Waals surface area (Å²) >= 11 is 0. The molecule has 1 saturated carbocycles. The van der Waals surface area contributed by atoms with Crippen LogP contribution in [0, 0.1) is 5.92 Å². The smallest absolute Gasteiger partial charge is 0.367 e. The third-order valence-corrected chi connectivity index (χ3v) is 2.79. The van der Waals surface area contributed by atoms with Crippen molar-refractivity contribution >= 4 is 0 Å². The highest BCUT2D eigenvalue weighted by Crippen LogP contribution is 2.29. The molecule has 5 heteroatoms. The number of rotatable bonds is 4. The average molecular weight is 225 g/mol. The molecule has 2 atom stereocenters. The highest BCUT2D eigenvalue weighted by molar-refractivity contribution is 4.77. The van der Waals surface area contributed by atoms with Crippen LogP contribution in [0.5, 0.6) is 0 Å². The van der Waals surface area contributed by atoms with Gasteiger partial charge in [0.2, 0.25) is 0 Å². The van der Waals surface area contributed by atoms with Crippen molar-refractivity contribution in [3.8, 4) is 0 Å². The number of nitrogens with two attached hydrogens (primary N) is 1. The monoisotopic (exact) mass is 225 g/mol. The molecule has 2 nitrogen and oxygen atoms in total. The van der Waals surface area contributed by atoms with Gasteiger partial charge in [0.15, 0.2) is 6.10 Å². The molecule has 2 N–H and O–H groups in total. The number of hydrogen-bond acceptors (Lipinski definition) is 2. The Labute approximate surface area is 88.0 Å². The molecule has 15 heavy (non-hydrogen) atoms. The van der Waals surface area contributed by atoms with Gasteiger partial charge in [-0.3, -0.25) is 0 Å². The molecule has 0 radical (unpaired) electrons. The standard InChI is InChI=1S/C10H18F3NO/c1-7(14)9(10(11,12)13)15-6-8-4-2-3-5-8/h7-9H,2-6,14H2,1H3. The van der Waals surface area contributed by atoms with E-state index in [1.165, 1.54) is 6.92 Å². The molecule has 0 bridgehead atoms. The van der Waals surface area contributed by atoms with Crippen molar-refractivity contribution in [1.29, 1.82) is 0 Å². The molecule has 0 spiro atoms. The Bertz CT molecular complexity index is 188. The first kappa shape index (κ1) is 12.8. The van der Waals surface area contributed by atoms with Crippen LogP contribution >= 0.6 is 0 Å². The van der Waals surface area contributed by atoms with Crippen LogP contribution in [-0.2, 0) is 4.74 Å². The third kappa shape index (κ3) is 3.99. The van der Waals surface area contributed by atoms with Crippen molar-refractivity contribution in [3.63, 3.8) is 0 Å². The SMILES string of the molecule is CC(N)C(OCC1CCCC1)C(F)(F)F. The van der Waals surface area contributed by atoms with Gasteiger partial charge in [0.25, 0.3) is 0 Å². The lowest BCUT2D eigenvalue weighted by atomic mass is 10.1. The fraction of sp³-hybridized carbons (Fsp3) is 1.00. The first-order valence-corrected chi connectivity index (χ1v) is 5.35. The Morgan fingerprint density at radius 1 is 1.33 bits per heavy atom. The fourth-order valence-corrected chi connectivity index (χ4v) is 1.96. The minimum absolute atomic E-state index is 0.186. The molecule has 0 heterocycles. The summed E-state index contributed by atoms with van der Waals surface area (Å²) in [4.78, 5) is 0. The van der Waals surface area contributed by atoms with E-state index in [9.17, 15) is 13.2 Å². The molecule has 0 aromatic carbocycles. The summed E-state index contributed by atoms with van der Waals surface area (Å²) in [5.74, 6) is 0.286. The van der Waals surface area contributed by atoms with Gasteiger partial charge in [-0.25, -0.2) is 0 Å². The normalized spacial score (nSPS) is 23.0. The zero-order valence-corrected chi connectivity index (χ0v) is 8.89. The topological polar surface area (TPSA) is 35.2 Å². The van der Waals surface area contributed by atoms with Gasteiger partial charge < -0.3 is 10.5 Å². The van der Waals surface area contributed by atoms with Gasteiger partial charge in [0.05, 0.1) is 6.61 Å². The molecular weight excluding hydrogens is 207 g/mol. The lowest BCUT2D eigenvalue weighted by Gasteiger charge is -2.25. The fourth-order valence-electron chi connectivity index (χ4n) is 1.96. The van der Waals surface area contributed by atoms with Crippen molar-refractivity contribution in [2.45, 2.75) is 50.9 Å². The Hall–Kier alpha value is -0.290. The predicted molar refractivity (Wildman–Crippen MR) is 51.4 cm³/mol. The van der Waals surface area contributed by atoms with Gasteiger partial charge in [0.1, 0.15) is 0 Å². The molecule has 1 aliphatic rings. The van der Waals surface area contributed by atoms with Crippen LogP contribution in [0.15, 0.2) is 0 Å². The third-order valence-electron chi connectivity index (χ3n) is 2.79. The van der Waals surface area contributed by atoms with Crippen LogP contribution in [-0.4, -0.2) is 24.9 Å². The molecule has 1 rings (SSSR count). The van der Waals surface area contributed by atoms with E-state index in [0.29, 0.717) is 0 Å². The van der Waals surface area contributed by atoms with Crippen molar-refractivity contribution in [3.05, 3.63) is 0 Å². The maximum absolute atomic E-state index is 12.4. The van der Waals surface area contributed by atoms with Crippen LogP contribution in [0.3, 0.4) is 0 Å². The van der Waals surface area contributed by atoms with E-state index in [1.807, 2.05) is 0 Å². The Morgan fingerprint density at radius 2 is 1.87 bits per heavy atom. The molecule has 90 valence electrons. The molecule has 0 aromatic rings. The van der Waals surface area contributed by atoms with Gasteiger partial charge in [-0.05, 0) is 25.7 Å². The van der Waals surface area contributed by atoms with Gasteiger partial charge >= 0.3 is 6.18 Å². The molecule has 0 amide bonds. The molecule has 0 aliphatic heterocycles. The molecule has 0 aromatic heterocycles. The second-order valence-corrected chi connectivity index (χ2v) is 4.31. The Kier molecular flexibility index (Phi) is 4.40. The molecule has 2 unspecified atom stereocenters. The van der Waals surface area contributed by atoms with E-state index in [-0.39, 0.29) is 12.5 Å². The van der Waals surface area contributed by atoms with Gasteiger partial charge in [0, 0.05) is 6.04 Å². The molecular formula is C10H18F3NO. The quantitative estimate of drug-likeness (QED) is 0.797. The lowest BCUT2D eigenvalue weighted by Crippen LogP contribution is -2.45. The van der Waals surface area contributed by atoms with Crippen molar-refractivity contribution < 1.29 is 17.9 Å². The van der Waals surface area contributed by atoms with Gasteiger partial charge in [-0.15, -0.1) is 0 Å². The second kappa shape index (κ2) is 5.16. The number of ether oxygens (including phenoxy) is 1. The minimum atomic E-state index is -4.35. The van der Waals surface area contributed by atoms with Crippen LogP contribution in [0.2, 0.25) is 0 Å². The van der Waals surface area contributed by atoms with E-state index in [1.54, 1.807) is 0 Å². The van der Waals surface area contributed by atoms with E-state index in [4.69, 9.17) is 10.5 Å². The Morgan fingerprint density at radius 3 is 2.27 bits per heavy atom. The maximum atomic E-state index is 12.4. The van der Waals surface area contributed by atoms with Crippen molar-refractivity contribution in [2.75, 3.05) is 6.61 Å². The largest absolute Gasteiger partial charge is 0.416 e. The summed E-state index contributed by atoms with van der Waals surface area (Å²) < 4.78 is 42.2. The van der Waals surface area contributed by atoms with E-state index in [0.717, 1.165) is 25.7 Å². The highest BCUT2D eigenvalue weighted by Gasteiger charge is 2.43. The summed E-state index contributed by atoms with van der Waals surface area (Å²) in [7, 11) is 0. The lowest BCUT2D eigenvalue weighted by molar-refractivity contribution is -0.227. The predicted octanol–water partition coefficient (Wildman–Crippen LogP) is 2.47. The summed E-state index contributed by atoms with van der Waals surface area (Å²) in [6, 6.07) is -1.01. The van der Waals surface area contributed by atoms with Crippen LogP contribution in [0.4, 0.5) is 13.2 Å². The summed E-state index contributed by atoms with van der Waals surface area (Å²) in [5, 5.41) is 0. The van der Waals surface area contributed by atoms with E-state index < -0.39 is 18.3 Å². The minimum Gasteiger partial charge on any atom is -0.367 e. The van der Waals surface area contributed by atoms with Crippen LogP contribution < -0.4 is 5.73 Å². The van der Waals surface area contributed by atoms with E-state index >= 15 is 0 Å². The van der Waals surface area contributed by atoms with Gasteiger partial charge in [-0.1, -0.05) is 12.8 Å². The van der Waals surface area contributed by atoms with Crippen LogP contribution in [0.1, 0.15) is 32.6 Å². The van der Waals surface area contributed by atoms with Crippen molar-refractivity contribution in [2.24, 2.45) is 11.7 Å². The van der Waals surface area contributed by atoms with E-state index in [2.05, 4.69) is 0 Å². The zero-order chi connectivity index (χ0) is 11.5. The Balaban J connectivity index is 2.37.